The molecule has 2 N–H and O–H groups in total. The fraction of sp³-hybridized carbons (Fsp3) is 0.200. The third-order valence-corrected chi connectivity index (χ3v) is 3.14. The zero-order valence-corrected chi connectivity index (χ0v) is 10.3. The molecule has 2 aromatic rings. The highest BCUT2D eigenvalue weighted by atomic mass is 15.1. The number of benzene rings is 2. The molecule has 0 heterocycles. The van der Waals surface area contributed by atoms with Crippen LogP contribution in [0.2, 0.25) is 0 Å². The first-order valence-electron chi connectivity index (χ1n) is 5.82. The number of para-hydroxylation sites is 1. The molecule has 2 heteroatoms. The summed E-state index contributed by atoms with van der Waals surface area (Å²) in [6.45, 7) is 2.18. The van der Waals surface area contributed by atoms with Crippen molar-refractivity contribution in [1.82, 2.24) is 0 Å². The Hall–Kier alpha value is -1.96. The maximum absolute atomic E-state index is 5.82. The average Bonchev–Trinajstić information content (AvgIpc) is 2.38. The van der Waals surface area contributed by atoms with Crippen LogP contribution in [0.15, 0.2) is 54.6 Å². The molecule has 0 aromatic heterocycles. The van der Waals surface area contributed by atoms with Crippen LogP contribution in [0, 0.1) is 0 Å². The van der Waals surface area contributed by atoms with Crippen LogP contribution in [0.25, 0.3) is 0 Å². The molecule has 0 saturated carbocycles. The van der Waals surface area contributed by atoms with Gasteiger partial charge in [0, 0.05) is 18.4 Å². The largest absolute Gasteiger partial charge is 0.399 e. The molecule has 2 aromatic carbocycles. The van der Waals surface area contributed by atoms with Crippen molar-refractivity contribution in [2.45, 2.75) is 13.0 Å². The van der Waals surface area contributed by atoms with Gasteiger partial charge >= 0.3 is 0 Å². The quantitative estimate of drug-likeness (QED) is 0.812. The van der Waals surface area contributed by atoms with Gasteiger partial charge < -0.3 is 10.6 Å². The Morgan fingerprint density at radius 1 is 1.00 bits per heavy atom. The molecule has 88 valence electrons. The molecule has 2 nitrogen and oxygen atoms in total. The van der Waals surface area contributed by atoms with E-state index >= 15 is 0 Å². The van der Waals surface area contributed by atoms with E-state index in [1.54, 1.807) is 0 Å². The Bertz CT molecular complexity index is 479. The van der Waals surface area contributed by atoms with Gasteiger partial charge in [-0.15, -0.1) is 0 Å². The van der Waals surface area contributed by atoms with E-state index in [0.29, 0.717) is 6.04 Å². The topological polar surface area (TPSA) is 29.3 Å². The lowest BCUT2D eigenvalue weighted by Gasteiger charge is -2.27. The molecule has 0 fully saturated rings. The molecule has 17 heavy (non-hydrogen) atoms. The lowest BCUT2D eigenvalue weighted by atomic mass is 10.1. The maximum atomic E-state index is 5.82. The molecule has 0 amide bonds. The minimum Gasteiger partial charge on any atom is -0.399 e. The van der Waals surface area contributed by atoms with Crippen molar-refractivity contribution in [3.05, 3.63) is 60.2 Å². The molecule has 1 atom stereocenters. The summed E-state index contributed by atoms with van der Waals surface area (Å²) < 4.78 is 0. The molecule has 0 aliphatic rings. The van der Waals surface area contributed by atoms with E-state index in [9.17, 15) is 0 Å². The van der Waals surface area contributed by atoms with Gasteiger partial charge in [0.2, 0.25) is 0 Å². The van der Waals surface area contributed by atoms with E-state index in [-0.39, 0.29) is 0 Å². The van der Waals surface area contributed by atoms with Crippen LogP contribution in [0.1, 0.15) is 18.5 Å². The number of nitrogen functional groups attached to an aromatic ring is 1. The lowest BCUT2D eigenvalue weighted by molar-refractivity contribution is 0.740. The van der Waals surface area contributed by atoms with Gasteiger partial charge in [-0.3, -0.25) is 0 Å². The van der Waals surface area contributed by atoms with Gasteiger partial charge in [-0.25, -0.2) is 0 Å². The van der Waals surface area contributed by atoms with Crippen LogP contribution in [0.5, 0.6) is 0 Å². The molecule has 0 spiro atoms. The SMILES string of the molecule is CC(c1cccc(N)c1)N(C)c1ccccc1. The zero-order chi connectivity index (χ0) is 12.3. The molecule has 0 aliphatic carbocycles. The first-order valence-corrected chi connectivity index (χ1v) is 5.82. The predicted molar refractivity (Wildman–Crippen MR) is 74.1 cm³/mol. The van der Waals surface area contributed by atoms with Gasteiger partial charge in [0.15, 0.2) is 0 Å². The van der Waals surface area contributed by atoms with Crippen molar-refractivity contribution < 1.29 is 0 Å². The van der Waals surface area contributed by atoms with Crippen LogP contribution in [0.4, 0.5) is 11.4 Å². The Balaban J connectivity index is 2.23. The third kappa shape index (κ3) is 2.59. The Morgan fingerprint density at radius 3 is 2.35 bits per heavy atom. The second-order valence-corrected chi connectivity index (χ2v) is 4.29. The summed E-state index contributed by atoms with van der Waals surface area (Å²) in [6.07, 6.45) is 0. The highest BCUT2D eigenvalue weighted by Gasteiger charge is 2.11. The molecule has 0 aliphatic heterocycles. The first kappa shape index (κ1) is 11.5. The summed E-state index contributed by atoms with van der Waals surface area (Å²) in [6, 6.07) is 18.7. The second kappa shape index (κ2) is 4.91. The Labute approximate surface area is 103 Å². The molecule has 2 rings (SSSR count). The van der Waals surface area contributed by atoms with E-state index in [2.05, 4.69) is 49.2 Å². The number of nitrogens with two attached hydrogens (primary N) is 1. The Kier molecular flexibility index (Phi) is 3.33. The van der Waals surface area contributed by atoms with Gasteiger partial charge in [0.25, 0.3) is 0 Å². The van der Waals surface area contributed by atoms with Gasteiger partial charge in [-0.1, -0.05) is 30.3 Å². The predicted octanol–water partition coefficient (Wildman–Crippen LogP) is 3.47. The van der Waals surface area contributed by atoms with Gasteiger partial charge in [-0.05, 0) is 36.8 Å². The molecule has 0 saturated heterocycles. The van der Waals surface area contributed by atoms with Crippen molar-refractivity contribution in [3.63, 3.8) is 0 Å². The molecule has 0 radical (unpaired) electrons. The fourth-order valence-corrected chi connectivity index (χ4v) is 1.93. The van der Waals surface area contributed by atoms with Gasteiger partial charge in [0.05, 0.1) is 6.04 Å². The first-order chi connectivity index (χ1) is 8.18. The average molecular weight is 226 g/mol. The smallest absolute Gasteiger partial charge is 0.0511 e. The van der Waals surface area contributed by atoms with Crippen LogP contribution < -0.4 is 10.6 Å². The number of nitrogens with zero attached hydrogens (tertiary/aromatic N) is 1. The van der Waals surface area contributed by atoms with Crippen LogP contribution >= 0.6 is 0 Å². The standard InChI is InChI=1S/C15H18N2/c1-12(13-7-6-8-14(16)11-13)17(2)15-9-4-3-5-10-15/h3-12H,16H2,1-2H3. The third-order valence-electron chi connectivity index (χ3n) is 3.14. The van der Waals surface area contributed by atoms with Crippen LogP contribution in [0.3, 0.4) is 0 Å². The molecular formula is C15H18N2. The van der Waals surface area contributed by atoms with Gasteiger partial charge in [0.1, 0.15) is 0 Å². The summed E-state index contributed by atoms with van der Waals surface area (Å²) >= 11 is 0. The minimum absolute atomic E-state index is 0.306. The number of hydrogen-bond donors (Lipinski definition) is 1. The van der Waals surface area contributed by atoms with Crippen LogP contribution in [-0.2, 0) is 0 Å². The van der Waals surface area contributed by atoms with Crippen molar-refractivity contribution in [1.29, 1.82) is 0 Å². The second-order valence-electron chi connectivity index (χ2n) is 4.29. The van der Waals surface area contributed by atoms with E-state index in [1.807, 2.05) is 24.3 Å². The van der Waals surface area contributed by atoms with E-state index < -0.39 is 0 Å². The molecular weight excluding hydrogens is 208 g/mol. The van der Waals surface area contributed by atoms with Crippen molar-refractivity contribution in [2.24, 2.45) is 0 Å². The summed E-state index contributed by atoms with van der Waals surface area (Å²) in [4.78, 5) is 2.24. The van der Waals surface area contributed by atoms with E-state index in [0.717, 1.165) is 5.69 Å². The van der Waals surface area contributed by atoms with Crippen LogP contribution in [-0.4, -0.2) is 7.05 Å². The van der Waals surface area contributed by atoms with Crippen molar-refractivity contribution in [2.75, 3.05) is 17.7 Å². The lowest BCUT2D eigenvalue weighted by Crippen LogP contribution is -2.21. The van der Waals surface area contributed by atoms with Crippen molar-refractivity contribution in [3.8, 4) is 0 Å². The fourth-order valence-electron chi connectivity index (χ4n) is 1.93. The molecule has 0 bridgehead atoms. The van der Waals surface area contributed by atoms with Gasteiger partial charge in [-0.2, -0.15) is 0 Å². The summed E-state index contributed by atoms with van der Waals surface area (Å²) in [5.74, 6) is 0. The van der Waals surface area contributed by atoms with Crippen molar-refractivity contribution >= 4 is 11.4 Å². The normalized spacial score (nSPS) is 12.1. The maximum Gasteiger partial charge on any atom is 0.0511 e. The zero-order valence-electron chi connectivity index (χ0n) is 10.3. The highest BCUT2D eigenvalue weighted by molar-refractivity contribution is 5.49. The Morgan fingerprint density at radius 2 is 1.71 bits per heavy atom. The summed E-state index contributed by atoms with van der Waals surface area (Å²) in [7, 11) is 2.10. The minimum atomic E-state index is 0.306. The summed E-state index contributed by atoms with van der Waals surface area (Å²) in [5.41, 5.74) is 9.08. The number of anilines is 2. The number of hydrogen-bond acceptors (Lipinski definition) is 2. The highest BCUT2D eigenvalue weighted by Crippen LogP contribution is 2.25. The molecule has 1 unspecified atom stereocenters. The van der Waals surface area contributed by atoms with E-state index in [4.69, 9.17) is 5.73 Å². The summed E-state index contributed by atoms with van der Waals surface area (Å²) in [5, 5.41) is 0. The number of rotatable bonds is 3. The monoisotopic (exact) mass is 226 g/mol. The van der Waals surface area contributed by atoms with E-state index in [1.165, 1.54) is 11.3 Å².